The molecule has 0 saturated carbocycles. The average molecular weight is 232 g/mol. The second-order valence-corrected chi connectivity index (χ2v) is 3.88. The van der Waals surface area contributed by atoms with Crippen molar-refractivity contribution in [1.29, 1.82) is 0 Å². The van der Waals surface area contributed by atoms with Gasteiger partial charge in [0.05, 0.1) is 11.5 Å². The van der Waals surface area contributed by atoms with E-state index in [1.165, 1.54) is 6.20 Å². The molecule has 1 aromatic heterocycles. The van der Waals surface area contributed by atoms with E-state index >= 15 is 0 Å². The third-order valence-corrected chi connectivity index (χ3v) is 2.12. The summed E-state index contributed by atoms with van der Waals surface area (Å²) < 4.78 is 39.5. The van der Waals surface area contributed by atoms with E-state index in [4.69, 9.17) is 11.6 Å². The molecule has 0 aliphatic heterocycles. The molecule has 0 saturated heterocycles. The van der Waals surface area contributed by atoms with Crippen LogP contribution in [0.5, 0.6) is 0 Å². The van der Waals surface area contributed by atoms with E-state index in [-0.39, 0.29) is 6.61 Å². The molecular formula is C6H5ClF3NOS. The molecule has 0 unspecified atom stereocenters. The Kier molecular flexibility index (Phi) is 3.52. The molecule has 0 aliphatic rings. The van der Waals surface area contributed by atoms with Crippen molar-refractivity contribution in [3.05, 3.63) is 15.5 Å². The minimum absolute atomic E-state index is 0.107. The number of rotatable bonds is 3. The molecule has 0 aliphatic carbocycles. The Morgan fingerprint density at radius 2 is 2.23 bits per heavy atom. The van der Waals surface area contributed by atoms with Gasteiger partial charge in [0.15, 0.2) is 4.47 Å². The maximum absolute atomic E-state index is 11.6. The van der Waals surface area contributed by atoms with Crippen molar-refractivity contribution >= 4 is 22.9 Å². The highest BCUT2D eigenvalue weighted by Crippen LogP contribution is 2.20. The van der Waals surface area contributed by atoms with Gasteiger partial charge in [-0.1, -0.05) is 11.6 Å². The first-order chi connectivity index (χ1) is 5.97. The van der Waals surface area contributed by atoms with Crippen LogP contribution in [0.3, 0.4) is 0 Å². The fourth-order valence-corrected chi connectivity index (χ4v) is 1.53. The van der Waals surface area contributed by atoms with Crippen LogP contribution in [0.2, 0.25) is 4.47 Å². The van der Waals surface area contributed by atoms with E-state index < -0.39 is 12.8 Å². The predicted octanol–water partition coefficient (Wildman–Crippen LogP) is 2.88. The second kappa shape index (κ2) is 4.26. The van der Waals surface area contributed by atoms with E-state index in [0.29, 0.717) is 9.34 Å². The van der Waals surface area contributed by atoms with Gasteiger partial charge in [-0.05, 0) is 0 Å². The van der Waals surface area contributed by atoms with Crippen molar-refractivity contribution in [2.45, 2.75) is 12.8 Å². The summed E-state index contributed by atoms with van der Waals surface area (Å²) in [6.45, 7) is -1.35. The number of halogens is 4. The molecular weight excluding hydrogens is 227 g/mol. The first kappa shape index (κ1) is 10.7. The lowest BCUT2D eigenvalue weighted by Gasteiger charge is -2.05. The minimum Gasteiger partial charge on any atom is -0.366 e. The lowest BCUT2D eigenvalue weighted by Crippen LogP contribution is -2.16. The van der Waals surface area contributed by atoms with Gasteiger partial charge in [-0.15, -0.1) is 11.3 Å². The van der Waals surface area contributed by atoms with Crippen LogP contribution in [-0.2, 0) is 11.3 Å². The molecule has 0 amide bonds. The van der Waals surface area contributed by atoms with Crippen LogP contribution in [0, 0.1) is 0 Å². The van der Waals surface area contributed by atoms with Crippen molar-refractivity contribution in [2.75, 3.05) is 6.61 Å². The number of nitrogens with zero attached hydrogens (tertiary/aromatic N) is 1. The van der Waals surface area contributed by atoms with Gasteiger partial charge in [0.1, 0.15) is 6.61 Å². The highest BCUT2D eigenvalue weighted by Gasteiger charge is 2.27. The van der Waals surface area contributed by atoms with Gasteiger partial charge < -0.3 is 4.74 Å². The Morgan fingerprint density at radius 3 is 2.69 bits per heavy atom. The monoisotopic (exact) mass is 231 g/mol. The quantitative estimate of drug-likeness (QED) is 0.798. The lowest BCUT2D eigenvalue weighted by molar-refractivity contribution is -0.176. The summed E-state index contributed by atoms with van der Waals surface area (Å²) in [5.41, 5.74) is 0. The minimum atomic E-state index is -4.28. The number of hydrogen-bond acceptors (Lipinski definition) is 3. The standard InChI is InChI=1S/C6H5ClF3NOS/c7-5-11-1-4(13-5)2-12-3-6(8,9)10/h1H,2-3H2. The first-order valence-corrected chi connectivity index (χ1v) is 4.41. The average Bonchev–Trinajstić information content (AvgIpc) is 2.33. The van der Waals surface area contributed by atoms with Crippen molar-refractivity contribution in [1.82, 2.24) is 4.98 Å². The SMILES string of the molecule is FC(F)(F)COCc1cnc(Cl)s1. The fraction of sp³-hybridized carbons (Fsp3) is 0.500. The van der Waals surface area contributed by atoms with E-state index in [1.54, 1.807) is 0 Å². The maximum atomic E-state index is 11.6. The summed E-state index contributed by atoms with van der Waals surface area (Å²) in [6.07, 6.45) is -2.89. The van der Waals surface area contributed by atoms with Gasteiger partial charge in [-0.3, -0.25) is 0 Å². The van der Waals surface area contributed by atoms with Crippen molar-refractivity contribution in [3.63, 3.8) is 0 Å². The van der Waals surface area contributed by atoms with Gasteiger partial charge >= 0.3 is 6.18 Å². The highest BCUT2D eigenvalue weighted by molar-refractivity contribution is 7.15. The molecule has 0 N–H and O–H groups in total. The molecule has 1 heterocycles. The van der Waals surface area contributed by atoms with Gasteiger partial charge in [0.25, 0.3) is 0 Å². The fourth-order valence-electron chi connectivity index (χ4n) is 0.618. The van der Waals surface area contributed by atoms with Gasteiger partial charge in [0.2, 0.25) is 0 Å². The van der Waals surface area contributed by atoms with Crippen LogP contribution in [0.25, 0.3) is 0 Å². The second-order valence-electron chi connectivity index (χ2n) is 2.19. The molecule has 1 rings (SSSR count). The van der Waals surface area contributed by atoms with Gasteiger partial charge in [0, 0.05) is 6.20 Å². The zero-order chi connectivity index (χ0) is 9.90. The van der Waals surface area contributed by atoms with E-state index in [9.17, 15) is 13.2 Å². The van der Waals surface area contributed by atoms with Crippen LogP contribution < -0.4 is 0 Å². The molecule has 0 atom stereocenters. The van der Waals surface area contributed by atoms with Crippen molar-refractivity contribution < 1.29 is 17.9 Å². The van der Waals surface area contributed by atoms with Gasteiger partial charge in [-0.2, -0.15) is 13.2 Å². The first-order valence-electron chi connectivity index (χ1n) is 3.22. The van der Waals surface area contributed by atoms with Crippen LogP contribution >= 0.6 is 22.9 Å². The summed E-state index contributed by atoms with van der Waals surface area (Å²) in [5.74, 6) is 0. The van der Waals surface area contributed by atoms with Crippen molar-refractivity contribution in [2.24, 2.45) is 0 Å². The lowest BCUT2D eigenvalue weighted by atomic mass is 10.6. The third kappa shape index (κ3) is 4.44. The number of thiazole rings is 1. The molecule has 0 spiro atoms. The zero-order valence-electron chi connectivity index (χ0n) is 6.27. The van der Waals surface area contributed by atoms with Crippen LogP contribution in [0.1, 0.15) is 4.88 Å². The van der Waals surface area contributed by atoms with Crippen LogP contribution in [-0.4, -0.2) is 17.8 Å². The number of ether oxygens (including phenoxy) is 1. The Labute approximate surface area is 81.3 Å². The van der Waals surface area contributed by atoms with E-state index in [1.807, 2.05) is 0 Å². The largest absolute Gasteiger partial charge is 0.411 e. The van der Waals surface area contributed by atoms with Crippen molar-refractivity contribution in [3.8, 4) is 0 Å². The Morgan fingerprint density at radius 1 is 1.54 bits per heavy atom. The smallest absolute Gasteiger partial charge is 0.366 e. The molecule has 1 aromatic rings. The summed E-state index contributed by atoms with van der Waals surface area (Å²) in [4.78, 5) is 4.23. The number of hydrogen-bond donors (Lipinski definition) is 0. The molecule has 0 bridgehead atoms. The van der Waals surface area contributed by atoms with E-state index in [2.05, 4.69) is 9.72 Å². The Hall–Kier alpha value is -0.330. The summed E-state index contributed by atoms with van der Waals surface area (Å²) >= 11 is 6.56. The predicted molar refractivity (Wildman–Crippen MR) is 42.8 cm³/mol. The Balaban J connectivity index is 2.28. The van der Waals surface area contributed by atoms with Crippen LogP contribution in [0.4, 0.5) is 13.2 Å². The normalized spacial score (nSPS) is 12.0. The van der Waals surface area contributed by atoms with Crippen LogP contribution in [0.15, 0.2) is 6.20 Å². The summed E-state index contributed by atoms with van der Waals surface area (Å²) in [5, 5.41) is 0. The zero-order valence-corrected chi connectivity index (χ0v) is 7.84. The topological polar surface area (TPSA) is 22.1 Å². The molecule has 0 fully saturated rings. The summed E-state index contributed by atoms with van der Waals surface area (Å²) in [7, 11) is 0. The maximum Gasteiger partial charge on any atom is 0.411 e. The summed E-state index contributed by atoms with van der Waals surface area (Å²) in [6, 6.07) is 0. The molecule has 7 heteroatoms. The number of aromatic nitrogens is 1. The molecule has 0 aromatic carbocycles. The highest BCUT2D eigenvalue weighted by atomic mass is 35.5. The Bertz CT molecular complexity index is 275. The van der Waals surface area contributed by atoms with Gasteiger partial charge in [-0.25, -0.2) is 4.98 Å². The third-order valence-electron chi connectivity index (χ3n) is 1.04. The molecule has 13 heavy (non-hydrogen) atoms. The number of alkyl halides is 3. The molecule has 0 radical (unpaired) electrons. The molecule has 74 valence electrons. The van der Waals surface area contributed by atoms with E-state index in [0.717, 1.165) is 11.3 Å². The molecule has 2 nitrogen and oxygen atoms in total.